The standard InChI is InChI=1S/C15H21ClN4S/c1-9-5-6-10(11(16)7-9)8-12(18-17)13-14(15(2,3)4)19-20-21-13/h5-7,12,18H,8,17H2,1-4H3. The van der Waals surface area contributed by atoms with Gasteiger partial charge in [-0.15, -0.1) is 5.10 Å². The van der Waals surface area contributed by atoms with Crippen molar-refractivity contribution >= 4 is 23.1 Å². The summed E-state index contributed by atoms with van der Waals surface area (Å²) in [5.41, 5.74) is 6.02. The van der Waals surface area contributed by atoms with Gasteiger partial charge in [-0.25, -0.2) is 0 Å². The molecule has 1 heterocycles. The zero-order valence-electron chi connectivity index (χ0n) is 12.8. The van der Waals surface area contributed by atoms with Gasteiger partial charge in [0.15, 0.2) is 0 Å². The number of nitrogens with zero attached hydrogens (tertiary/aromatic N) is 2. The molecule has 1 unspecified atom stereocenters. The maximum atomic E-state index is 6.33. The second-order valence-corrected chi connectivity index (χ2v) is 7.45. The van der Waals surface area contributed by atoms with Crippen molar-refractivity contribution in [1.29, 1.82) is 0 Å². The molecule has 0 saturated carbocycles. The van der Waals surface area contributed by atoms with Crippen molar-refractivity contribution in [2.75, 3.05) is 0 Å². The van der Waals surface area contributed by atoms with E-state index in [0.29, 0.717) is 6.42 Å². The molecule has 2 aromatic rings. The topological polar surface area (TPSA) is 63.8 Å². The lowest BCUT2D eigenvalue weighted by Gasteiger charge is -2.21. The molecule has 1 aromatic carbocycles. The van der Waals surface area contributed by atoms with Gasteiger partial charge in [-0.2, -0.15) is 0 Å². The van der Waals surface area contributed by atoms with Crippen LogP contribution >= 0.6 is 23.1 Å². The number of rotatable bonds is 4. The Hall–Kier alpha value is -1.01. The zero-order valence-corrected chi connectivity index (χ0v) is 14.3. The number of aromatic nitrogens is 2. The summed E-state index contributed by atoms with van der Waals surface area (Å²) in [6, 6.07) is 6.04. The fourth-order valence-corrected chi connectivity index (χ4v) is 3.45. The minimum Gasteiger partial charge on any atom is -0.271 e. The molecule has 0 fully saturated rings. The van der Waals surface area contributed by atoms with E-state index in [0.717, 1.165) is 26.7 Å². The first-order valence-electron chi connectivity index (χ1n) is 6.87. The first-order chi connectivity index (χ1) is 9.82. The first kappa shape index (κ1) is 16.4. The van der Waals surface area contributed by atoms with E-state index in [9.17, 15) is 0 Å². The summed E-state index contributed by atoms with van der Waals surface area (Å²) < 4.78 is 4.10. The molecule has 0 bridgehead atoms. The Morgan fingerprint density at radius 2 is 2.10 bits per heavy atom. The summed E-state index contributed by atoms with van der Waals surface area (Å²) in [6.45, 7) is 8.40. The predicted molar refractivity (Wildman–Crippen MR) is 88.6 cm³/mol. The van der Waals surface area contributed by atoms with Crippen molar-refractivity contribution in [3.8, 4) is 0 Å². The molecule has 2 rings (SSSR count). The highest BCUT2D eigenvalue weighted by atomic mass is 35.5. The number of hydrogen-bond acceptors (Lipinski definition) is 5. The summed E-state index contributed by atoms with van der Waals surface area (Å²) in [5.74, 6) is 5.76. The van der Waals surface area contributed by atoms with E-state index in [4.69, 9.17) is 17.4 Å². The SMILES string of the molecule is Cc1ccc(CC(NN)c2snnc2C(C)(C)C)c(Cl)c1. The molecule has 0 amide bonds. The van der Waals surface area contributed by atoms with Gasteiger partial charge in [0, 0.05) is 10.4 Å². The molecule has 0 aliphatic rings. The first-order valence-corrected chi connectivity index (χ1v) is 8.02. The van der Waals surface area contributed by atoms with Crippen LogP contribution in [0.3, 0.4) is 0 Å². The van der Waals surface area contributed by atoms with Crippen LogP contribution in [-0.4, -0.2) is 9.59 Å². The van der Waals surface area contributed by atoms with Gasteiger partial charge in [0.2, 0.25) is 0 Å². The molecule has 0 radical (unpaired) electrons. The van der Waals surface area contributed by atoms with Crippen molar-refractivity contribution in [1.82, 2.24) is 15.0 Å². The van der Waals surface area contributed by atoms with E-state index in [1.54, 1.807) is 0 Å². The summed E-state index contributed by atoms with van der Waals surface area (Å²) in [5, 5.41) is 5.04. The van der Waals surface area contributed by atoms with Gasteiger partial charge >= 0.3 is 0 Å². The zero-order chi connectivity index (χ0) is 15.6. The Morgan fingerprint density at radius 3 is 2.67 bits per heavy atom. The molecule has 3 N–H and O–H groups in total. The summed E-state index contributed by atoms with van der Waals surface area (Å²) in [6.07, 6.45) is 0.711. The normalized spacial score (nSPS) is 13.4. The monoisotopic (exact) mass is 324 g/mol. The molecule has 114 valence electrons. The lowest BCUT2D eigenvalue weighted by atomic mass is 9.89. The van der Waals surface area contributed by atoms with Crippen molar-refractivity contribution in [2.45, 2.75) is 45.6 Å². The Labute approximate surface area is 134 Å². The molecular weight excluding hydrogens is 304 g/mol. The van der Waals surface area contributed by atoms with E-state index in [1.807, 2.05) is 19.1 Å². The minimum absolute atomic E-state index is 0.0422. The third-order valence-corrected chi connectivity index (χ3v) is 4.56. The van der Waals surface area contributed by atoms with E-state index in [2.05, 4.69) is 41.9 Å². The van der Waals surface area contributed by atoms with Gasteiger partial charge in [-0.3, -0.25) is 11.3 Å². The number of aryl methyl sites for hydroxylation is 1. The van der Waals surface area contributed by atoms with Gasteiger partial charge in [0.25, 0.3) is 0 Å². The van der Waals surface area contributed by atoms with E-state index in [-0.39, 0.29) is 11.5 Å². The van der Waals surface area contributed by atoms with Gasteiger partial charge in [-0.1, -0.05) is 49.0 Å². The third-order valence-electron chi connectivity index (χ3n) is 3.37. The van der Waals surface area contributed by atoms with E-state index in [1.165, 1.54) is 11.5 Å². The Bertz CT molecular complexity index is 618. The number of halogens is 1. The maximum Gasteiger partial charge on any atom is 0.0857 e. The summed E-state index contributed by atoms with van der Waals surface area (Å²) >= 11 is 7.72. The molecule has 1 aromatic heterocycles. The van der Waals surface area contributed by atoms with Crippen molar-refractivity contribution < 1.29 is 0 Å². The molecule has 6 heteroatoms. The second-order valence-electron chi connectivity index (χ2n) is 6.25. The van der Waals surface area contributed by atoms with E-state index < -0.39 is 0 Å². The quantitative estimate of drug-likeness (QED) is 0.667. The fourth-order valence-electron chi connectivity index (χ4n) is 2.21. The van der Waals surface area contributed by atoms with Crippen LogP contribution in [0.5, 0.6) is 0 Å². The number of nitrogens with two attached hydrogens (primary N) is 1. The van der Waals surface area contributed by atoms with Crippen LogP contribution in [-0.2, 0) is 11.8 Å². The second kappa shape index (κ2) is 6.40. The van der Waals surface area contributed by atoms with Gasteiger partial charge in [-0.05, 0) is 42.1 Å². The highest BCUT2D eigenvalue weighted by Crippen LogP contribution is 2.32. The van der Waals surface area contributed by atoms with Crippen molar-refractivity contribution in [3.05, 3.63) is 44.9 Å². The Morgan fingerprint density at radius 1 is 1.38 bits per heavy atom. The molecule has 0 aliphatic heterocycles. The molecule has 4 nitrogen and oxygen atoms in total. The van der Waals surface area contributed by atoms with E-state index >= 15 is 0 Å². The van der Waals surface area contributed by atoms with Gasteiger partial charge in [0.05, 0.1) is 16.6 Å². The number of benzene rings is 1. The molecule has 21 heavy (non-hydrogen) atoms. The highest BCUT2D eigenvalue weighted by Gasteiger charge is 2.27. The van der Waals surface area contributed by atoms with Crippen LogP contribution in [0.4, 0.5) is 0 Å². The lowest BCUT2D eigenvalue weighted by Crippen LogP contribution is -2.31. The van der Waals surface area contributed by atoms with Crippen LogP contribution in [0, 0.1) is 6.92 Å². The lowest BCUT2D eigenvalue weighted by molar-refractivity contribution is 0.515. The molecule has 1 atom stereocenters. The maximum absolute atomic E-state index is 6.33. The number of hydrogen-bond donors (Lipinski definition) is 2. The van der Waals surface area contributed by atoms with Crippen LogP contribution in [0.1, 0.15) is 48.5 Å². The van der Waals surface area contributed by atoms with Crippen molar-refractivity contribution in [2.24, 2.45) is 5.84 Å². The van der Waals surface area contributed by atoms with Gasteiger partial charge < -0.3 is 0 Å². The Balaban J connectivity index is 2.31. The number of nitrogens with one attached hydrogen (secondary N) is 1. The average molecular weight is 325 g/mol. The molecule has 0 saturated heterocycles. The van der Waals surface area contributed by atoms with Crippen LogP contribution in [0.15, 0.2) is 18.2 Å². The van der Waals surface area contributed by atoms with Gasteiger partial charge in [0.1, 0.15) is 0 Å². The highest BCUT2D eigenvalue weighted by molar-refractivity contribution is 7.05. The summed E-state index contributed by atoms with van der Waals surface area (Å²) in [4.78, 5) is 1.07. The molecule has 0 spiro atoms. The largest absolute Gasteiger partial charge is 0.271 e. The van der Waals surface area contributed by atoms with Crippen LogP contribution in [0.25, 0.3) is 0 Å². The fraction of sp³-hybridized carbons (Fsp3) is 0.467. The number of hydrazine groups is 1. The molecule has 0 aliphatic carbocycles. The van der Waals surface area contributed by atoms with Crippen LogP contribution in [0.2, 0.25) is 5.02 Å². The van der Waals surface area contributed by atoms with Crippen molar-refractivity contribution in [3.63, 3.8) is 0 Å². The predicted octanol–water partition coefficient (Wildman–Crippen LogP) is 3.54. The van der Waals surface area contributed by atoms with Crippen LogP contribution < -0.4 is 11.3 Å². The average Bonchev–Trinajstić information content (AvgIpc) is 2.87. The summed E-state index contributed by atoms with van der Waals surface area (Å²) in [7, 11) is 0. The smallest absolute Gasteiger partial charge is 0.0857 e. The Kier molecular flexibility index (Phi) is 4.99. The minimum atomic E-state index is -0.0610. The molecular formula is C15H21ClN4S. The third kappa shape index (κ3) is 3.80.